The van der Waals surface area contributed by atoms with Gasteiger partial charge < -0.3 is 0 Å². The molecule has 0 N–H and O–H groups in total. The lowest BCUT2D eigenvalue weighted by molar-refractivity contribution is 0.594. The maximum atomic E-state index is 2.32. The number of fused-ring (bicyclic) bond motifs is 3. The molecule has 5 rings (SSSR count). The number of thiophene rings is 1. The van der Waals surface area contributed by atoms with Crippen molar-refractivity contribution in [1.29, 1.82) is 0 Å². The lowest BCUT2D eigenvalue weighted by Gasteiger charge is -2.27. The minimum absolute atomic E-state index is 0.0284. The maximum Gasteiger partial charge on any atom is 0.0433 e. The third-order valence-corrected chi connectivity index (χ3v) is 6.81. The molecule has 0 bridgehead atoms. The van der Waals surface area contributed by atoms with Gasteiger partial charge >= 0.3 is 0 Å². The molecule has 1 aromatic heterocycles. The molecule has 4 aromatic carbocycles. The Bertz CT molecular complexity index is 1320. The molecule has 29 heavy (non-hydrogen) atoms. The van der Waals surface area contributed by atoms with Gasteiger partial charge in [0.2, 0.25) is 0 Å². The zero-order valence-electron chi connectivity index (χ0n) is 17.1. The summed E-state index contributed by atoms with van der Waals surface area (Å²) < 4.78 is 2.73. The second kappa shape index (κ2) is 6.86. The van der Waals surface area contributed by atoms with Crippen LogP contribution < -0.4 is 0 Å². The number of rotatable bonds is 2. The van der Waals surface area contributed by atoms with Gasteiger partial charge in [-0.15, -0.1) is 11.3 Å². The van der Waals surface area contributed by atoms with Crippen LogP contribution in [0.2, 0.25) is 0 Å². The molecular weight excluding hydrogens is 368 g/mol. The highest BCUT2D eigenvalue weighted by molar-refractivity contribution is 7.26. The topological polar surface area (TPSA) is 0 Å². The van der Waals surface area contributed by atoms with E-state index in [1.54, 1.807) is 0 Å². The van der Waals surface area contributed by atoms with Crippen molar-refractivity contribution >= 4 is 31.5 Å². The summed E-state index contributed by atoms with van der Waals surface area (Å²) >= 11 is 1.90. The molecular formula is C28H24S. The summed E-state index contributed by atoms with van der Waals surface area (Å²) in [6.45, 7) is 6.97. The third-order valence-electron chi connectivity index (χ3n) is 5.59. The fraction of sp³-hybridized carbons (Fsp3) is 0.143. The standard InChI is InChI=1S/C28H24S/c1-28(2,3)26-20(19-11-5-4-6-12-19)14-9-15-22(26)24-17-10-16-23-21-13-7-8-18-25(21)29-27(23)24/h4-18H,1-3H3. The van der Waals surface area contributed by atoms with Gasteiger partial charge in [0.15, 0.2) is 0 Å². The second-order valence-electron chi connectivity index (χ2n) is 8.62. The molecule has 0 nitrogen and oxygen atoms in total. The van der Waals surface area contributed by atoms with Crippen LogP contribution in [0.1, 0.15) is 26.3 Å². The first kappa shape index (κ1) is 18.1. The molecule has 0 spiro atoms. The molecule has 5 aromatic rings. The smallest absolute Gasteiger partial charge is 0.0433 e. The summed E-state index contributed by atoms with van der Waals surface area (Å²) in [5.74, 6) is 0. The van der Waals surface area contributed by atoms with Crippen molar-refractivity contribution in [2.75, 3.05) is 0 Å². The van der Waals surface area contributed by atoms with Gasteiger partial charge in [-0.3, -0.25) is 0 Å². The maximum absolute atomic E-state index is 2.32. The SMILES string of the molecule is CC(C)(C)c1c(-c2ccccc2)cccc1-c1cccc2c1sc1ccccc12. The molecule has 0 saturated heterocycles. The normalized spacial score (nSPS) is 12.0. The zero-order chi connectivity index (χ0) is 20.0. The Labute approximate surface area is 176 Å². The van der Waals surface area contributed by atoms with Crippen molar-refractivity contribution in [1.82, 2.24) is 0 Å². The lowest BCUT2D eigenvalue weighted by Crippen LogP contribution is -2.14. The van der Waals surface area contributed by atoms with Crippen LogP contribution in [0.15, 0.2) is 91.0 Å². The van der Waals surface area contributed by atoms with Crippen LogP contribution in [0.25, 0.3) is 42.4 Å². The van der Waals surface area contributed by atoms with Gasteiger partial charge in [0.05, 0.1) is 0 Å². The Hall–Kier alpha value is -2.90. The van der Waals surface area contributed by atoms with E-state index in [0.29, 0.717) is 0 Å². The summed E-state index contributed by atoms with van der Waals surface area (Å²) in [7, 11) is 0. The van der Waals surface area contributed by atoms with Gasteiger partial charge in [-0.25, -0.2) is 0 Å². The molecule has 0 saturated carbocycles. The van der Waals surface area contributed by atoms with E-state index < -0.39 is 0 Å². The first-order chi connectivity index (χ1) is 14.0. The molecule has 0 aliphatic carbocycles. The number of benzene rings is 4. The van der Waals surface area contributed by atoms with Crippen LogP contribution in [0.4, 0.5) is 0 Å². The largest absolute Gasteiger partial charge is 0.135 e. The quantitative estimate of drug-likeness (QED) is 0.282. The molecule has 0 fully saturated rings. The fourth-order valence-corrected chi connectivity index (χ4v) is 5.63. The van der Waals surface area contributed by atoms with Gasteiger partial charge in [0.25, 0.3) is 0 Å². The average Bonchev–Trinajstić information content (AvgIpc) is 3.12. The molecule has 0 aliphatic rings. The van der Waals surface area contributed by atoms with E-state index in [9.17, 15) is 0 Å². The summed E-state index contributed by atoms with van der Waals surface area (Å²) in [5, 5.41) is 2.71. The lowest BCUT2D eigenvalue weighted by atomic mass is 9.77. The minimum atomic E-state index is 0.0284. The van der Waals surface area contributed by atoms with Crippen LogP contribution in [0.5, 0.6) is 0 Å². The minimum Gasteiger partial charge on any atom is -0.135 e. The monoisotopic (exact) mass is 392 g/mol. The Morgan fingerprint density at radius 2 is 1.17 bits per heavy atom. The highest BCUT2D eigenvalue weighted by Gasteiger charge is 2.24. The third kappa shape index (κ3) is 3.07. The van der Waals surface area contributed by atoms with Crippen LogP contribution >= 0.6 is 11.3 Å². The summed E-state index contributed by atoms with van der Waals surface area (Å²) in [4.78, 5) is 0. The van der Waals surface area contributed by atoms with E-state index in [-0.39, 0.29) is 5.41 Å². The Morgan fingerprint density at radius 3 is 1.97 bits per heavy atom. The molecule has 142 valence electrons. The van der Waals surface area contributed by atoms with Gasteiger partial charge in [-0.1, -0.05) is 106 Å². The molecule has 0 aliphatic heterocycles. The second-order valence-corrected chi connectivity index (χ2v) is 9.68. The van der Waals surface area contributed by atoms with E-state index >= 15 is 0 Å². The van der Waals surface area contributed by atoms with Gasteiger partial charge in [-0.05, 0) is 39.3 Å². The predicted octanol–water partition coefficient (Wildman–Crippen LogP) is 8.69. The molecule has 0 amide bonds. The average molecular weight is 393 g/mol. The van der Waals surface area contributed by atoms with E-state index in [4.69, 9.17) is 0 Å². The van der Waals surface area contributed by atoms with Crippen molar-refractivity contribution < 1.29 is 0 Å². The predicted molar refractivity (Wildman–Crippen MR) is 129 cm³/mol. The summed E-state index contributed by atoms with van der Waals surface area (Å²) in [6, 6.07) is 33.0. The van der Waals surface area contributed by atoms with E-state index in [1.807, 2.05) is 11.3 Å². The highest BCUT2D eigenvalue weighted by Crippen LogP contribution is 2.45. The van der Waals surface area contributed by atoms with E-state index in [0.717, 1.165) is 0 Å². The van der Waals surface area contributed by atoms with Gasteiger partial charge in [0.1, 0.15) is 0 Å². The number of hydrogen-bond donors (Lipinski definition) is 0. The Balaban J connectivity index is 1.86. The summed E-state index contributed by atoms with van der Waals surface area (Å²) in [5.41, 5.74) is 6.73. The van der Waals surface area contributed by atoms with Crippen molar-refractivity contribution in [3.05, 3.63) is 96.6 Å². The highest BCUT2D eigenvalue weighted by atomic mass is 32.1. The first-order valence-electron chi connectivity index (χ1n) is 10.1. The fourth-order valence-electron chi connectivity index (χ4n) is 4.40. The van der Waals surface area contributed by atoms with Crippen molar-refractivity contribution in [2.45, 2.75) is 26.2 Å². The van der Waals surface area contributed by atoms with Crippen LogP contribution in [-0.4, -0.2) is 0 Å². The van der Waals surface area contributed by atoms with Crippen LogP contribution in [0.3, 0.4) is 0 Å². The molecule has 0 unspecified atom stereocenters. The van der Waals surface area contributed by atoms with Crippen LogP contribution in [0, 0.1) is 0 Å². The first-order valence-corrected chi connectivity index (χ1v) is 11.0. The van der Waals surface area contributed by atoms with Crippen molar-refractivity contribution in [2.24, 2.45) is 0 Å². The van der Waals surface area contributed by atoms with Crippen LogP contribution in [-0.2, 0) is 5.41 Å². The van der Waals surface area contributed by atoms with Crippen molar-refractivity contribution in [3.63, 3.8) is 0 Å². The van der Waals surface area contributed by atoms with Gasteiger partial charge in [-0.2, -0.15) is 0 Å². The molecule has 0 radical (unpaired) electrons. The zero-order valence-corrected chi connectivity index (χ0v) is 17.9. The molecule has 1 heterocycles. The van der Waals surface area contributed by atoms with Gasteiger partial charge in [0, 0.05) is 20.2 Å². The van der Waals surface area contributed by atoms with E-state index in [2.05, 4.69) is 112 Å². The van der Waals surface area contributed by atoms with E-state index in [1.165, 1.54) is 48.0 Å². The Kier molecular flexibility index (Phi) is 4.29. The number of hydrogen-bond acceptors (Lipinski definition) is 1. The molecule has 0 atom stereocenters. The Morgan fingerprint density at radius 1 is 0.552 bits per heavy atom. The van der Waals surface area contributed by atoms with Crippen molar-refractivity contribution in [3.8, 4) is 22.3 Å². The summed E-state index contributed by atoms with van der Waals surface area (Å²) in [6.07, 6.45) is 0. The molecule has 1 heteroatoms.